The van der Waals surface area contributed by atoms with Gasteiger partial charge >= 0.3 is 11.9 Å². The van der Waals surface area contributed by atoms with Crippen molar-refractivity contribution >= 4 is 41.3 Å². The Morgan fingerprint density at radius 3 is 2.05 bits per heavy atom. The average molecular weight is 517 g/mol. The molecule has 0 aliphatic rings. The van der Waals surface area contributed by atoms with Crippen LogP contribution < -0.4 is 16.8 Å². The summed E-state index contributed by atoms with van der Waals surface area (Å²) in [7, 11) is 0. The van der Waals surface area contributed by atoms with E-state index in [-0.39, 0.29) is 18.3 Å². The van der Waals surface area contributed by atoms with E-state index < -0.39 is 17.9 Å². The van der Waals surface area contributed by atoms with Crippen LogP contribution in [0.1, 0.15) is 40.9 Å². The highest BCUT2D eigenvalue weighted by atomic mass is 16.4. The SMILES string of the molecule is CC(C)=Cc1ccc(C)cc1.NC(N)=Nc1cccc(C(=O)Nc2ccc(CC(C(=O)O)C(=O)O)cc2)c1. The van der Waals surface area contributed by atoms with Gasteiger partial charge in [0, 0.05) is 11.3 Å². The van der Waals surface area contributed by atoms with Crippen molar-refractivity contribution in [1.82, 2.24) is 0 Å². The van der Waals surface area contributed by atoms with Crippen molar-refractivity contribution in [2.45, 2.75) is 27.2 Å². The van der Waals surface area contributed by atoms with Gasteiger partial charge in [0.25, 0.3) is 5.91 Å². The monoisotopic (exact) mass is 516 g/mol. The highest BCUT2D eigenvalue weighted by Gasteiger charge is 2.25. The van der Waals surface area contributed by atoms with Crippen LogP contribution in [-0.4, -0.2) is 34.0 Å². The standard InChI is InChI=1S/C18H18N4O5.C11H14/c19-18(20)22-13-3-1-2-11(9-13)15(23)21-12-6-4-10(5-7-12)8-14(16(24)25)17(26)27;1-9(2)8-11-6-4-10(3)5-7-11/h1-7,9,14H,8H2,(H,21,23)(H,24,25)(H,26,27)(H4,19,20,22);4-8H,1-3H3. The number of nitrogens with one attached hydrogen (secondary N) is 1. The molecule has 0 unspecified atom stereocenters. The lowest BCUT2D eigenvalue weighted by molar-refractivity contribution is -0.154. The maximum atomic E-state index is 12.3. The van der Waals surface area contributed by atoms with Crippen molar-refractivity contribution in [3.8, 4) is 0 Å². The van der Waals surface area contributed by atoms with E-state index in [1.165, 1.54) is 22.8 Å². The molecule has 0 aliphatic heterocycles. The first-order chi connectivity index (χ1) is 17.9. The van der Waals surface area contributed by atoms with Gasteiger partial charge < -0.3 is 27.0 Å². The lowest BCUT2D eigenvalue weighted by Crippen LogP contribution is -2.25. The summed E-state index contributed by atoms with van der Waals surface area (Å²) in [6.07, 6.45) is 2.03. The number of nitrogens with zero attached hydrogens (tertiary/aromatic N) is 1. The fraction of sp³-hybridized carbons (Fsp3) is 0.172. The molecule has 38 heavy (non-hydrogen) atoms. The molecule has 9 heteroatoms. The number of amides is 1. The molecule has 0 atom stereocenters. The third-order valence-electron chi connectivity index (χ3n) is 5.15. The van der Waals surface area contributed by atoms with Crippen molar-refractivity contribution in [2.24, 2.45) is 22.4 Å². The third-order valence-corrected chi connectivity index (χ3v) is 5.15. The number of guanidine groups is 1. The second kappa shape index (κ2) is 14.0. The number of anilines is 1. The summed E-state index contributed by atoms with van der Waals surface area (Å²) in [6.45, 7) is 6.33. The number of nitrogens with two attached hydrogens (primary N) is 2. The van der Waals surface area contributed by atoms with E-state index in [0.29, 0.717) is 22.5 Å². The summed E-state index contributed by atoms with van der Waals surface area (Å²) < 4.78 is 0. The summed E-state index contributed by atoms with van der Waals surface area (Å²) in [5.41, 5.74) is 16.4. The van der Waals surface area contributed by atoms with Gasteiger partial charge in [-0.15, -0.1) is 0 Å². The molecule has 9 nitrogen and oxygen atoms in total. The molecule has 0 bridgehead atoms. The van der Waals surface area contributed by atoms with Gasteiger partial charge in [-0.25, -0.2) is 4.99 Å². The molecule has 198 valence electrons. The Kier molecular flexibility index (Phi) is 10.8. The summed E-state index contributed by atoms with van der Waals surface area (Å²) >= 11 is 0. The Balaban J connectivity index is 0.000000384. The third kappa shape index (κ3) is 9.98. The zero-order chi connectivity index (χ0) is 28.2. The number of carbonyl (C=O) groups excluding carboxylic acids is 1. The Morgan fingerprint density at radius 2 is 1.53 bits per heavy atom. The van der Waals surface area contributed by atoms with Crippen molar-refractivity contribution in [3.05, 3.63) is 101 Å². The van der Waals surface area contributed by atoms with Gasteiger partial charge in [0.1, 0.15) is 0 Å². The predicted octanol–water partition coefficient (Wildman–Crippen LogP) is 4.59. The summed E-state index contributed by atoms with van der Waals surface area (Å²) in [5, 5.41) is 20.5. The molecular formula is C29H32N4O5. The first kappa shape index (κ1) is 29.3. The highest BCUT2D eigenvalue weighted by molar-refractivity contribution is 6.04. The van der Waals surface area contributed by atoms with E-state index >= 15 is 0 Å². The van der Waals surface area contributed by atoms with Crippen molar-refractivity contribution < 1.29 is 24.6 Å². The minimum atomic E-state index is -1.52. The van der Waals surface area contributed by atoms with Gasteiger partial charge in [-0.1, -0.05) is 59.7 Å². The topological polar surface area (TPSA) is 168 Å². The summed E-state index contributed by atoms with van der Waals surface area (Å²) in [4.78, 5) is 38.1. The number of benzene rings is 3. The van der Waals surface area contributed by atoms with Crippen LogP contribution in [0.4, 0.5) is 11.4 Å². The number of hydrogen-bond donors (Lipinski definition) is 5. The number of allylic oxidation sites excluding steroid dienone is 1. The zero-order valence-electron chi connectivity index (χ0n) is 21.5. The van der Waals surface area contributed by atoms with Gasteiger partial charge in [-0.3, -0.25) is 14.4 Å². The molecule has 3 aromatic rings. The van der Waals surface area contributed by atoms with Crippen LogP contribution in [0.2, 0.25) is 0 Å². The van der Waals surface area contributed by atoms with Crippen LogP contribution in [0.25, 0.3) is 6.08 Å². The molecule has 0 aliphatic carbocycles. The van der Waals surface area contributed by atoms with E-state index in [1.54, 1.807) is 42.5 Å². The average Bonchev–Trinajstić information content (AvgIpc) is 2.84. The number of aryl methyl sites for hydroxylation is 1. The first-order valence-electron chi connectivity index (χ1n) is 11.7. The lowest BCUT2D eigenvalue weighted by Gasteiger charge is -2.09. The molecule has 7 N–H and O–H groups in total. The van der Waals surface area contributed by atoms with Gasteiger partial charge in [-0.2, -0.15) is 0 Å². The van der Waals surface area contributed by atoms with Crippen molar-refractivity contribution in [2.75, 3.05) is 5.32 Å². The molecule has 0 spiro atoms. The Morgan fingerprint density at radius 1 is 0.921 bits per heavy atom. The quantitative estimate of drug-likeness (QED) is 0.166. The Labute approximate surface area is 221 Å². The number of hydrogen-bond acceptors (Lipinski definition) is 4. The molecule has 3 rings (SSSR count). The number of aliphatic carboxylic acids is 2. The molecule has 0 aromatic heterocycles. The Bertz CT molecular complexity index is 1310. The lowest BCUT2D eigenvalue weighted by atomic mass is 9.99. The minimum Gasteiger partial charge on any atom is -0.481 e. The molecule has 0 heterocycles. The van der Waals surface area contributed by atoms with Crippen molar-refractivity contribution in [3.63, 3.8) is 0 Å². The fourth-order valence-corrected chi connectivity index (χ4v) is 3.31. The molecule has 3 aromatic carbocycles. The molecule has 1 amide bonds. The van der Waals surface area contributed by atoms with Crippen LogP contribution >= 0.6 is 0 Å². The fourth-order valence-electron chi connectivity index (χ4n) is 3.31. The number of aliphatic imine (C=N–C) groups is 1. The van der Waals surface area contributed by atoms with E-state index in [1.807, 2.05) is 0 Å². The van der Waals surface area contributed by atoms with E-state index in [2.05, 4.69) is 61.4 Å². The number of carboxylic acids is 2. The number of carbonyl (C=O) groups is 3. The van der Waals surface area contributed by atoms with Crippen LogP contribution in [-0.2, 0) is 16.0 Å². The van der Waals surface area contributed by atoms with E-state index in [9.17, 15) is 14.4 Å². The van der Waals surface area contributed by atoms with Crippen molar-refractivity contribution in [1.29, 1.82) is 0 Å². The highest BCUT2D eigenvalue weighted by Crippen LogP contribution is 2.18. The van der Waals surface area contributed by atoms with Gasteiger partial charge in [0.2, 0.25) is 0 Å². The molecule has 0 saturated heterocycles. The summed E-state index contributed by atoms with van der Waals surface area (Å²) in [5.74, 6) is -4.83. The van der Waals surface area contributed by atoms with Crippen LogP contribution in [0, 0.1) is 12.8 Å². The molecule has 0 saturated carbocycles. The molecule has 0 fully saturated rings. The second-order valence-electron chi connectivity index (χ2n) is 8.80. The maximum Gasteiger partial charge on any atom is 0.318 e. The maximum absolute atomic E-state index is 12.3. The first-order valence-corrected chi connectivity index (χ1v) is 11.7. The Hall–Kier alpha value is -4.92. The van der Waals surface area contributed by atoms with E-state index in [0.717, 1.165) is 0 Å². The van der Waals surface area contributed by atoms with Crippen LogP contribution in [0.3, 0.4) is 0 Å². The largest absolute Gasteiger partial charge is 0.481 e. The second-order valence-corrected chi connectivity index (χ2v) is 8.80. The zero-order valence-corrected chi connectivity index (χ0v) is 21.5. The normalized spacial score (nSPS) is 10.0. The van der Waals surface area contributed by atoms with E-state index in [4.69, 9.17) is 21.7 Å². The molecule has 0 radical (unpaired) electrons. The van der Waals surface area contributed by atoms with Crippen LogP contribution in [0.15, 0.2) is 83.4 Å². The smallest absolute Gasteiger partial charge is 0.318 e. The molecular weight excluding hydrogens is 484 g/mol. The number of rotatable bonds is 8. The van der Waals surface area contributed by atoms with Gasteiger partial charge in [0.05, 0.1) is 5.69 Å². The van der Waals surface area contributed by atoms with Gasteiger partial charge in [-0.05, 0) is 68.7 Å². The van der Waals surface area contributed by atoms with Crippen LogP contribution in [0.5, 0.6) is 0 Å². The minimum absolute atomic E-state index is 0.121. The summed E-state index contributed by atoms with van der Waals surface area (Å²) in [6, 6.07) is 21.2. The predicted molar refractivity (Wildman–Crippen MR) is 149 cm³/mol. The number of carboxylic acid groups (broad SMARTS) is 2. The van der Waals surface area contributed by atoms with Gasteiger partial charge in [0.15, 0.2) is 11.9 Å².